The molecule has 174 valence electrons. The van der Waals surface area contributed by atoms with Crippen molar-refractivity contribution in [3.63, 3.8) is 0 Å². The molecule has 0 aliphatic heterocycles. The lowest BCUT2D eigenvalue weighted by Gasteiger charge is -2.18. The van der Waals surface area contributed by atoms with Gasteiger partial charge in [0.2, 0.25) is 5.91 Å². The van der Waals surface area contributed by atoms with Crippen molar-refractivity contribution in [2.75, 3.05) is 38.0 Å². The number of nitrogens with zero attached hydrogens (tertiary/aromatic N) is 2. The second kappa shape index (κ2) is 11.1. The van der Waals surface area contributed by atoms with Crippen LogP contribution in [0.2, 0.25) is 0 Å². The normalized spacial score (nSPS) is 15.8. The van der Waals surface area contributed by atoms with Crippen molar-refractivity contribution >= 4 is 34.3 Å². The van der Waals surface area contributed by atoms with E-state index in [4.69, 9.17) is 9.47 Å². The standard InChI is InChI=1S/C24H34N4O4/c1-16(2)12-20(29)27-21-19-13-18(25-14-17-8-6-5-7-9-17)15-26-23(19)28(10-11-31-3)22(21)24(30)32-4/h5-6,13,15-17,25H,7-12,14H2,1-4H3,(H,27,29). The maximum Gasteiger partial charge on any atom is 0.356 e. The molecule has 2 heterocycles. The number of rotatable bonds is 10. The van der Waals surface area contributed by atoms with Gasteiger partial charge in [0.25, 0.3) is 0 Å². The number of carbonyl (C=O) groups is 2. The molecule has 1 atom stereocenters. The van der Waals surface area contributed by atoms with Crippen LogP contribution in [0.3, 0.4) is 0 Å². The van der Waals surface area contributed by atoms with Crippen LogP contribution in [0.4, 0.5) is 11.4 Å². The molecule has 2 N–H and O–H groups in total. The lowest BCUT2D eigenvalue weighted by Crippen LogP contribution is -2.19. The first-order valence-electron chi connectivity index (χ1n) is 11.2. The summed E-state index contributed by atoms with van der Waals surface area (Å²) in [6.45, 7) is 5.61. The SMILES string of the molecule is COCCn1c(C(=O)OC)c(NC(=O)CC(C)C)c2cc(NCC3CC=CCC3)cnc21. The molecule has 0 saturated heterocycles. The topological polar surface area (TPSA) is 94.5 Å². The van der Waals surface area contributed by atoms with Crippen LogP contribution in [0.1, 0.15) is 50.0 Å². The van der Waals surface area contributed by atoms with E-state index < -0.39 is 5.97 Å². The number of ether oxygens (including phenoxy) is 2. The zero-order valence-electron chi connectivity index (χ0n) is 19.4. The number of methoxy groups -OCH3 is 2. The van der Waals surface area contributed by atoms with Crippen LogP contribution in [-0.2, 0) is 20.8 Å². The molecule has 3 rings (SSSR count). The highest BCUT2D eigenvalue weighted by molar-refractivity contribution is 6.11. The molecule has 1 aliphatic carbocycles. The average Bonchev–Trinajstić information content (AvgIpc) is 3.08. The zero-order valence-corrected chi connectivity index (χ0v) is 19.4. The predicted molar refractivity (Wildman–Crippen MR) is 126 cm³/mol. The minimum absolute atomic E-state index is 0.150. The van der Waals surface area contributed by atoms with Crippen LogP contribution in [0, 0.1) is 11.8 Å². The summed E-state index contributed by atoms with van der Waals surface area (Å²) < 4.78 is 12.0. The van der Waals surface area contributed by atoms with Gasteiger partial charge in [0.1, 0.15) is 5.65 Å². The van der Waals surface area contributed by atoms with Crippen molar-refractivity contribution in [2.45, 2.75) is 46.1 Å². The van der Waals surface area contributed by atoms with Gasteiger partial charge in [0.15, 0.2) is 5.69 Å². The number of esters is 1. The average molecular weight is 443 g/mol. The van der Waals surface area contributed by atoms with Gasteiger partial charge in [-0.15, -0.1) is 0 Å². The molecule has 8 heteroatoms. The summed E-state index contributed by atoms with van der Waals surface area (Å²) in [5.74, 6) is 0.0990. The summed E-state index contributed by atoms with van der Waals surface area (Å²) in [4.78, 5) is 30.0. The van der Waals surface area contributed by atoms with Crippen LogP contribution in [0.15, 0.2) is 24.4 Å². The fourth-order valence-electron chi connectivity index (χ4n) is 4.02. The van der Waals surface area contributed by atoms with E-state index in [1.165, 1.54) is 7.11 Å². The lowest BCUT2D eigenvalue weighted by atomic mass is 9.94. The highest BCUT2D eigenvalue weighted by atomic mass is 16.5. The lowest BCUT2D eigenvalue weighted by molar-refractivity contribution is -0.116. The van der Waals surface area contributed by atoms with Gasteiger partial charge in [-0.1, -0.05) is 26.0 Å². The summed E-state index contributed by atoms with van der Waals surface area (Å²) >= 11 is 0. The van der Waals surface area contributed by atoms with Gasteiger partial charge in [-0.05, 0) is 37.2 Å². The Balaban J connectivity index is 2.00. The fourth-order valence-corrected chi connectivity index (χ4v) is 4.02. The Hall–Kier alpha value is -2.87. The van der Waals surface area contributed by atoms with Crippen molar-refractivity contribution in [2.24, 2.45) is 11.8 Å². The van der Waals surface area contributed by atoms with Crippen LogP contribution < -0.4 is 10.6 Å². The molecule has 2 aromatic rings. The summed E-state index contributed by atoms with van der Waals surface area (Å²) in [7, 11) is 2.93. The predicted octanol–water partition coefficient (Wildman–Crippen LogP) is 4.22. The van der Waals surface area contributed by atoms with E-state index in [1.54, 1.807) is 17.9 Å². The molecule has 1 aliphatic rings. The summed E-state index contributed by atoms with van der Waals surface area (Å²) in [5.41, 5.74) is 2.17. The van der Waals surface area contributed by atoms with E-state index in [0.29, 0.717) is 42.2 Å². The molecule has 0 aromatic carbocycles. The minimum Gasteiger partial charge on any atom is -0.464 e. The number of fused-ring (bicyclic) bond motifs is 1. The number of nitrogens with one attached hydrogen (secondary N) is 2. The van der Waals surface area contributed by atoms with Crippen LogP contribution in [0.25, 0.3) is 11.0 Å². The maximum absolute atomic E-state index is 12.7. The molecule has 8 nitrogen and oxygen atoms in total. The second-order valence-electron chi connectivity index (χ2n) is 8.63. The molecule has 0 bridgehead atoms. The number of hydrogen-bond acceptors (Lipinski definition) is 6. The van der Waals surface area contributed by atoms with Crippen molar-refractivity contribution in [3.05, 3.63) is 30.1 Å². The van der Waals surface area contributed by atoms with Gasteiger partial charge in [-0.2, -0.15) is 0 Å². The van der Waals surface area contributed by atoms with Gasteiger partial charge in [-0.25, -0.2) is 9.78 Å². The Kier molecular flexibility index (Phi) is 8.27. The Bertz CT molecular complexity index is 980. The van der Waals surface area contributed by atoms with E-state index in [1.807, 2.05) is 19.9 Å². The Morgan fingerprint density at radius 3 is 2.75 bits per heavy atom. The van der Waals surface area contributed by atoms with E-state index in [0.717, 1.165) is 31.5 Å². The van der Waals surface area contributed by atoms with Crippen LogP contribution in [-0.4, -0.2) is 48.8 Å². The van der Waals surface area contributed by atoms with E-state index >= 15 is 0 Å². The van der Waals surface area contributed by atoms with Crippen molar-refractivity contribution in [1.82, 2.24) is 9.55 Å². The third kappa shape index (κ3) is 5.68. The first-order chi connectivity index (χ1) is 15.4. The highest BCUT2D eigenvalue weighted by Crippen LogP contribution is 2.33. The van der Waals surface area contributed by atoms with Crippen molar-refractivity contribution in [3.8, 4) is 0 Å². The second-order valence-corrected chi connectivity index (χ2v) is 8.63. The smallest absolute Gasteiger partial charge is 0.356 e. The minimum atomic E-state index is -0.526. The number of aromatic nitrogens is 2. The number of allylic oxidation sites excluding steroid dienone is 2. The number of carbonyl (C=O) groups excluding carboxylic acids is 2. The van der Waals surface area contributed by atoms with E-state index in [9.17, 15) is 9.59 Å². The number of amides is 1. The quantitative estimate of drug-likeness (QED) is 0.423. The third-order valence-corrected chi connectivity index (χ3v) is 5.63. The van der Waals surface area contributed by atoms with Gasteiger partial charge < -0.3 is 24.7 Å². The van der Waals surface area contributed by atoms with E-state index in [-0.39, 0.29) is 17.5 Å². The first kappa shape index (κ1) is 23.8. The third-order valence-electron chi connectivity index (χ3n) is 5.63. The molecule has 2 aromatic heterocycles. The summed E-state index contributed by atoms with van der Waals surface area (Å²) in [6, 6.07) is 1.95. The molecule has 1 unspecified atom stereocenters. The number of pyridine rings is 1. The zero-order chi connectivity index (χ0) is 23.1. The van der Waals surface area contributed by atoms with Gasteiger partial charge >= 0.3 is 5.97 Å². The fraction of sp³-hybridized carbons (Fsp3) is 0.542. The highest BCUT2D eigenvalue weighted by Gasteiger charge is 2.26. The number of anilines is 2. The maximum atomic E-state index is 12.7. The molecule has 0 fully saturated rings. The molecule has 0 spiro atoms. The number of hydrogen-bond donors (Lipinski definition) is 2. The molecular formula is C24H34N4O4. The first-order valence-corrected chi connectivity index (χ1v) is 11.2. The largest absolute Gasteiger partial charge is 0.464 e. The molecular weight excluding hydrogens is 408 g/mol. The van der Waals surface area contributed by atoms with E-state index in [2.05, 4.69) is 27.8 Å². The molecule has 0 radical (unpaired) electrons. The molecule has 0 saturated carbocycles. The summed E-state index contributed by atoms with van der Waals surface area (Å²) in [6.07, 6.45) is 9.93. The van der Waals surface area contributed by atoms with Gasteiger partial charge in [0.05, 0.1) is 31.3 Å². The van der Waals surface area contributed by atoms with Crippen molar-refractivity contribution < 1.29 is 19.1 Å². The van der Waals surface area contributed by atoms with Crippen LogP contribution >= 0.6 is 0 Å². The van der Waals surface area contributed by atoms with Crippen LogP contribution in [0.5, 0.6) is 0 Å². The Morgan fingerprint density at radius 1 is 1.28 bits per heavy atom. The summed E-state index contributed by atoms with van der Waals surface area (Å²) in [5, 5.41) is 7.13. The Morgan fingerprint density at radius 2 is 2.09 bits per heavy atom. The monoisotopic (exact) mass is 442 g/mol. The van der Waals surface area contributed by atoms with Crippen molar-refractivity contribution in [1.29, 1.82) is 0 Å². The Labute approximate surface area is 189 Å². The van der Waals surface area contributed by atoms with Gasteiger partial charge in [-0.3, -0.25) is 4.79 Å². The molecule has 32 heavy (non-hydrogen) atoms. The molecule has 1 amide bonds. The van der Waals surface area contributed by atoms with Gasteiger partial charge in [0, 0.05) is 32.0 Å².